The molecule has 3 atom stereocenters. The molecule has 3 rings (SSSR count). The topological polar surface area (TPSA) is 38.0 Å². The molecule has 19 heavy (non-hydrogen) atoms. The Labute approximate surface area is 118 Å². The van der Waals surface area contributed by atoms with Crippen molar-refractivity contribution in [3.8, 4) is 0 Å². The molecule has 0 aromatic heterocycles. The quantitative estimate of drug-likeness (QED) is 0.773. The molecule has 3 aliphatic carbocycles. The molecule has 0 bridgehead atoms. The Morgan fingerprint density at radius 3 is 2.16 bits per heavy atom. The highest BCUT2D eigenvalue weighted by Gasteiger charge is 2.43. The van der Waals surface area contributed by atoms with Crippen molar-refractivity contribution in [2.45, 2.75) is 64.3 Å². The maximum absolute atomic E-state index is 6.15. The van der Waals surface area contributed by atoms with Gasteiger partial charge in [0.15, 0.2) is 0 Å². The number of nitrogens with one attached hydrogen (secondary N) is 1. The van der Waals surface area contributed by atoms with Gasteiger partial charge in [0, 0.05) is 12.1 Å². The zero-order valence-corrected chi connectivity index (χ0v) is 12.8. The Kier molecular flexibility index (Phi) is 3.92. The summed E-state index contributed by atoms with van der Waals surface area (Å²) in [5, 5.41) is 3.95. The lowest BCUT2D eigenvalue weighted by Gasteiger charge is -2.44. The fraction of sp³-hybridized carbons (Fsp3) is 1.00. The van der Waals surface area contributed by atoms with E-state index in [0.717, 1.165) is 36.1 Å². The maximum atomic E-state index is 6.15. The standard InChI is InChI=1S/C17H32N2/c1-12-7-8-17(11-18,9-13(12)2)19-10-16(14-3-4-14)15-5-6-15/h12-16,19H,3-11,18H2,1-2H3. The van der Waals surface area contributed by atoms with Gasteiger partial charge in [0.25, 0.3) is 0 Å². The molecule has 0 radical (unpaired) electrons. The summed E-state index contributed by atoms with van der Waals surface area (Å²) in [7, 11) is 0. The fourth-order valence-electron chi connectivity index (χ4n) is 4.23. The van der Waals surface area contributed by atoms with Gasteiger partial charge in [0.2, 0.25) is 0 Å². The number of hydrogen-bond donors (Lipinski definition) is 2. The smallest absolute Gasteiger partial charge is 0.0306 e. The molecule has 3 N–H and O–H groups in total. The van der Waals surface area contributed by atoms with E-state index in [-0.39, 0.29) is 5.54 Å². The molecule has 2 nitrogen and oxygen atoms in total. The molecule has 0 aromatic carbocycles. The first-order valence-corrected chi connectivity index (χ1v) is 8.58. The Balaban J connectivity index is 1.56. The predicted molar refractivity (Wildman–Crippen MR) is 80.9 cm³/mol. The van der Waals surface area contributed by atoms with E-state index >= 15 is 0 Å². The second-order valence-corrected chi connectivity index (χ2v) is 7.90. The zero-order chi connectivity index (χ0) is 13.5. The van der Waals surface area contributed by atoms with Crippen molar-refractivity contribution in [1.29, 1.82) is 0 Å². The van der Waals surface area contributed by atoms with Crippen LogP contribution in [0.4, 0.5) is 0 Å². The molecule has 0 heterocycles. The molecule has 0 saturated heterocycles. The van der Waals surface area contributed by atoms with E-state index < -0.39 is 0 Å². The molecule has 0 amide bonds. The van der Waals surface area contributed by atoms with Crippen LogP contribution >= 0.6 is 0 Å². The first kappa shape index (κ1) is 13.9. The molecule has 3 fully saturated rings. The average molecular weight is 264 g/mol. The summed E-state index contributed by atoms with van der Waals surface area (Å²) in [6.45, 7) is 6.89. The van der Waals surface area contributed by atoms with Crippen LogP contribution in [0.25, 0.3) is 0 Å². The summed E-state index contributed by atoms with van der Waals surface area (Å²) in [6.07, 6.45) is 9.89. The Morgan fingerprint density at radius 2 is 1.68 bits per heavy atom. The van der Waals surface area contributed by atoms with Gasteiger partial charge in [-0.3, -0.25) is 0 Å². The van der Waals surface area contributed by atoms with Gasteiger partial charge >= 0.3 is 0 Å². The number of rotatable bonds is 6. The minimum atomic E-state index is 0.258. The van der Waals surface area contributed by atoms with Crippen molar-refractivity contribution in [3.63, 3.8) is 0 Å². The molecule has 3 unspecified atom stereocenters. The number of nitrogens with two attached hydrogens (primary N) is 1. The number of hydrogen-bond acceptors (Lipinski definition) is 2. The third kappa shape index (κ3) is 3.16. The van der Waals surface area contributed by atoms with E-state index in [2.05, 4.69) is 19.2 Å². The molecule has 0 aliphatic heterocycles. The minimum Gasteiger partial charge on any atom is -0.329 e. The van der Waals surface area contributed by atoms with E-state index in [4.69, 9.17) is 5.73 Å². The summed E-state index contributed by atoms with van der Waals surface area (Å²) in [5.41, 5.74) is 6.41. The molecule has 0 aromatic rings. The van der Waals surface area contributed by atoms with Crippen molar-refractivity contribution in [1.82, 2.24) is 5.32 Å². The van der Waals surface area contributed by atoms with Gasteiger partial charge in [0.1, 0.15) is 0 Å². The Bertz CT molecular complexity index is 296. The first-order valence-electron chi connectivity index (χ1n) is 8.58. The first-order chi connectivity index (χ1) is 9.13. The van der Waals surface area contributed by atoms with Crippen LogP contribution < -0.4 is 11.1 Å². The average Bonchev–Trinajstić information content (AvgIpc) is 3.27. The summed E-state index contributed by atoms with van der Waals surface area (Å²) in [4.78, 5) is 0. The normalized spacial score (nSPS) is 39.8. The maximum Gasteiger partial charge on any atom is 0.0306 e. The van der Waals surface area contributed by atoms with Gasteiger partial charge in [0.05, 0.1) is 0 Å². The SMILES string of the molecule is CC1CCC(CN)(NCC(C2CC2)C2CC2)CC1C. The second-order valence-electron chi connectivity index (χ2n) is 7.90. The summed E-state index contributed by atoms with van der Waals surface area (Å²) < 4.78 is 0. The lowest BCUT2D eigenvalue weighted by atomic mass is 9.71. The largest absolute Gasteiger partial charge is 0.329 e. The summed E-state index contributed by atoms with van der Waals surface area (Å²) in [5.74, 6) is 4.77. The van der Waals surface area contributed by atoms with Gasteiger partial charge in [-0.1, -0.05) is 13.8 Å². The van der Waals surface area contributed by atoms with E-state index in [1.54, 1.807) is 0 Å². The van der Waals surface area contributed by atoms with Gasteiger partial charge in [-0.05, 0) is 81.1 Å². The highest BCUT2D eigenvalue weighted by atomic mass is 15.0. The molecule has 2 heteroatoms. The monoisotopic (exact) mass is 264 g/mol. The lowest BCUT2D eigenvalue weighted by molar-refractivity contribution is 0.137. The molecule has 110 valence electrons. The van der Waals surface area contributed by atoms with Crippen LogP contribution in [0.1, 0.15) is 58.8 Å². The molecule has 0 spiro atoms. The van der Waals surface area contributed by atoms with Crippen LogP contribution in [0.2, 0.25) is 0 Å². The third-order valence-corrected chi connectivity index (χ3v) is 6.32. The van der Waals surface area contributed by atoms with Crippen LogP contribution in [-0.4, -0.2) is 18.6 Å². The molecular formula is C17H32N2. The Morgan fingerprint density at radius 1 is 1.05 bits per heavy atom. The van der Waals surface area contributed by atoms with E-state index in [9.17, 15) is 0 Å². The van der Waals surface area contributed by atoms with Crippen molar-refractivity contribution in [2.24, 2.45) is 35.3 Å². The zero-order valence-electron chi connectivity index (χ0n) is 12.8. The summed E-state index contributed by atoms with van der Waals surface area (Å²) in [6, 6.07) is 0. The van der Waals surface area contributed by atoms with Gasteiger partial charge in [-0.25, -0.2) is 0 Å². The van der Waals surface area contributed by atoms with Crippen molar-refractivity contribution in [2.75, 3.05) is 13.1 Å². The summed E-state index contributed by atoms with van der Waals surface area (Å²) >= 11 is 0. The highest BCUT2D eigenvalue weighted by Crippen LogP contribution is 2.49. The van der Waals surface area contributed by atoms with Gasteiger partial charge in [-0.2, -0.15) is 0 Å². The molecule has 3 saturated carbocycles. The van der Waals surface area contributed by atoms with E-state index in [1.165, 1.54) is 51.5 Å². The molecule has 3 aliphatic rings. The third-order valence-electron chi connectivity index (χ3n) is 6.32. The second kappa shape index (κ2) is 5.37. The van der Waals surface area contributed by atoms with Crippen LogP contribution in [0.5, 0.6) is 0 Å². The van der Waals surface area contributed by atoms with E-state index in [1.807, 2.05) is 0 Å². The van der Waals surface area contributed by atoms with Crippen LogP contribution in [0, 0.1) is 29.6 Å². The predicted octanol–water partition coefficient (Wildman–Crippen LogP) is 3.17. The fourth-order valence-corrected chi connectivity index (χ4v) is 4.23. The highest BCUT2D eigenvalue weighted by molar-refractivity contribution is 4.99. The van der Waals surface area contributed by atoms with Crippen molar-refractivity contribution < 1.29 is 0 Å². The van der Waals surface area contributed by atoms with Gasteiger partial charge in [-0.15, -0.1) is 0 Å². The van der Waals surface area contributed by atoms with Crippen LogP contribution in [0.3, 0.4) is 0 Å². The Hall–Kier alpha value is -0.0800. The van der Waals surface area contributed by atoms with Crippen LogP contribution in [-0.2, 0) is 0 Å². The van der Waals surface area contributed by atoms with Crippen molar-refractivity contribution >= 4 is 0 Å². The van der Waals surface area contributed by atoms with Crippen LogP contribution in [0.15, 0.2) is 0 Å². The minimum absolute atomic E-state index is 0.258. The lowest BCUT2D eigenvalue weighted by Crippen LogP contribution is -2.56. The van der Waals surface area contributed by atoms with Crippen molar-refractivity contribution in [3.05, 3.63) is 0 Å². The molecular weight excluding hydrogens is 232 g/mol. The van der Waals surface area contributed by atoms with Gasteiger partial charge < -0.3 is 11.1 Å². The van der Waals surface area contributed by atoms with E-state index in [0.29, 0.717) is 0 Å².